The molecule has 1 heterocycles. The normalized spacial score (nSPS) is 17.4. The molecule has 186 valence electrons. The van der Waals surface area contributed by atoms with E-state index in [1.165, 1.54) is 35.4 Å². The van der Waals surface area contributed by atoms with Gasteiger partial charge in [0.1, 0.15) is 0 Å². The van der Waals surface area contributed by atoms with Gasteiger partial charge in [0.05, 0.1) is 37.5 Å². The van der Waals surface area contributed by atoms with Crippen LogP contribution >= 0.6 is 11.6 Å². The first kappa shape index (κ1) is 26.1. The van der Waals surface area contributed by atoms with Crippen LogP contribution in [0.3, 0.4) is 0 Å². The van der Waals surface area contributed by atoms with Crippen LogP contribution in [-0.2, 0) is 15.9 Å². The third-order valence-corrected chi connectivity index (χ3v) is 6.94. The molecule has 1 amide bonds. The van der Waals surface area contributed by atoms with E-state index in [1.807, 2.05) is 0 Å². The third-order valence-electron chi connectivity index (χ3n) is 5.48. The zero-order valence-electron chi connectivity index (χ0n) is 17.7. The van der Waals surface area contributed by atoms with Crippen LogP contribution < -0.4 is 10.2 Å². The van der Waals surface area contributed by atoms with Gasteiger partial charge < -0.3 is 10.2 Å². The maximum atomic E-state index is 13.5. The highest BCUT2D eigenvalue weighted by Crippen LogP contribution is 2.41. The van der Waals surface area contributed by atoms with Crippen LogP contribution in [0.2, 0.25) is 5.02 Å². The minimum Gasteiger partial charge on any atom is -0.371 e. The van der Waals surface area contributed by atoms with E-state index in [0.29, 0.717) is 6.07 Å². The quantitative estimate of drug-likeness (QED) is 0.450. The molecule has 2 aromatic rings. The Morgan fingerprint density at radius 3 is 2.26 bits per heavy atom. The number of rotatable bonds is 4. The van der Waals surface area contributed by atoms with Crippen LogP contribution in [0.1, 0.15) is 28.8 Å². The van der Waals surface area contributed by atoms with Crippen molar-refractivity contribution in [2.75, 3.05) is 29.6 Å². The van der Waals surface area contributed by atoms with Gasteiger partial charge >= 0.3 is 12.4 Å². The van der Waals surface area contributed by atoms with Crippen molar-refractivity contribution in [1.82, 2.24) is 0 Å². The molecule has 0 aliphatic carbocycles. The number of halogens is 7. The summed E-state index contributed by atoms with van der Waals surface area (Å²) in [7, 11) is -3.09. The SMILES string of the molecule is C[S@@](=N)(=O)c1cccc(NC(=O)c2cc(Cl)c(C(F)(F)F)cc2N2CCC(C(F)(F)F)CC2)c1. The summed E-state index contributed by atoms with van der Waals surface area (Å²) in [5.74, 6) is -2.43. The second-order valence-corrected chi connectivity index (χ2v) is 10.5. The van der Waals surface area contributed by atoms with Crippen LogP contribution in [-0.4, -0.2) is 35.6 Å². The van der Waals surface area contributed by atoms with Gasteiger partial charge in [0.15, 0.2) is 0 Å². The molecule has 0 aromatic heterocycles. The number of alkyl halides is 6. The van der Waals surface area contributed by atoms with E-state index in [9.17, 15) is 35.3 Å². The van der Waals surface area contributed by atoms with Crippen molar-refractivity contribution < 1.29 is 35.3 Å². The maximum absolute atomic E-state index is 13.5. The third kappa shape index (κ3) is 5.96. The molecule has 2 aromatic carbocycles. The van der Waals surface area contributed by atoms with Crippen molar-refractivity contribution >= 4 is 38.6 Å². The fourth-order valence-electron chi connectivity index (χ4n) is 3.68. The molecular weight excluding hydrogens is 508 g/mol. The van der Waals surface area contributed by atoms with E-state index in [1.54, 1.807) is 0 Å². The van der Waals surface area contributed by atoms with Gasteiger partial charge in [0.2, 0.25) is 0 Å². The van der Waals surface area contributed by atoms with Crippen LogP contribution in [0.5, 0.6) is 0 Å². The second kappa shape index (κ2) is 9.29. The molecule has 0 spiro atoms. The highest BCUT2D eigenvalue weighted by molar-refractivity contribution is 7.91. The number of nitrogens with one attached hydrogen (secondary N) is 2. The van der Waals surface area contributed by atoms with Crippen LogP contribution in [0, 0.1) is 10.7 Å². The van der Waals surface area contributed by atoms with Crippen molar-refractivity contribution in [3.8, 4) is 0 Å². The lowest BCUT2D eigenvalue weighted by Gasteiger charge is -2.35. The molecule has 13 heteroatoms. The van der Waals surface area contributed by atoms with Gasteiger partial charge in [-0.2, -0.15) is 26.3 Å². The number of anilines is 2. The second-order valence-electron chi connectivity index (χ2n) is 7.98. The molecule has 2 N–H and O–H groups in total. The monoisotopic (exact) mass is 527 g/mol. The fourth-order valence-corrected chi connectivity index (χ4v) is 4.65. The molecule has 1 aliphatic rings. The summed E-state index contributed by atoms with van der Waals surface area (Å²) < 4.78 is 99.1. The Balaban J connectivity index is 1.98. The lowest BCUT2D eigenvalue weighted by Crippen LogP contribution is -2.40. The molecule has 1 aliphatic heterocycles. The Bertz CT molecular complexity index is 1190. The summed E-state index contributed by atoms with van der Waals surface area (Å²) in [5, 5.41) is 1.74. The lowest BCUT2D eigenvalue weighted by atomic mass is 9.95. The lowest BCUT2D eigenvalue weighted by molar-refractivity contribution is -0.179. The van der Waals surface area contributed by atoms with Gasteiger partial charge in [-0.1, -0.05) is 17.7 Å². The maximum Gasteiger partial charge on any atom is 0.417 e. The minimum atomic E-state index is -4.84. The summed E-state index contributed by atoms with van der Waals surface area (Å²) in [6, 6.07) is 7.12. The summed E-state index contributed by atoms with van der Waals surface area (Å²) in [6.45, 7) is -0.398. The van der Waals surface area contributed by atoms with Crippen LogP contribution in [0.15, 0.2) is 41.3 Å². The Morgan fingerprint density at radius 1 is 1.12 bits per heavy atom. The van der Waals surface area contributed by atoms with Gasteiger partial charge in [-0.05, 0) is 43.2 Å². The zero-order valence-corrected chi connectivity index (χ0v) is 19.3. The summed E-state index contributed by atoms with van der Waals surface area (Å²) in [4.78, 5) is 14.4. The zero-order chi connectivity index (χ0) is 25.5. The van der Waals surface area contributed by atoms with Crippen molar-refractivity contribution in [2.45, 2.75) is 30.1 Å². The number of piperidine rings is 1. The molecule has 1 saturated heterocycles. The average molecular weight is 528 g/mol. The van der Waals surface area contributed by atoms with Crippen molar-refractivity contribution in [3.05, 3.63) is 52.5 Å². The number of carbonyl (C=O) groups excluding carboxylic acids is 1. The summed E-state index contributed by atoms with van der Waals surface area (Å²) in [6.07, 6.45) is -8.72. The largest absolute Gasteiger partial charge is 0.417 e. The topological polar surface area (TPSA) is 73.3 Å². The number of carbonyl (C=O) groups is 1. The predicted molar refractivity (Wildman–Crippen MR) is 117 cm³/mol. The Labute approximate surface area is 197 Å². The van der Waals surface area contributed by atoms with E-state index < -0.39 is 44.5 Å². The number of hydrogen-bond acceptors (Lipinski definition) is 4. The highest BCUT2D eigenvalue weighted by atomic mass is 35.5. The molecule has 0 radical (unpaired) electrons. The van der Waals surface area contributed by atoms with Gasteiger partial charge in [-0.3, -0.25) is 4.79 Å². The number of benzene rings is 2. The average Bonchev–Trinajstić information content (AvgIpc) is 2.71. The molecule has 3 rings (SSSR count). The summed E-state index contributed by atoms with van der Waals surface area (Å²) in [5.41, 5.74) is -1.51. The van der Waals surface area contributed by atoms with E-state index in [2.05, 4.69) is 5.32 Å². The highest BCUT2D eigenvalue weighted by Gasteiger charge is 2.42. The molecular formula is C21H20ClF6N3O2S. The standard InChI is InChI=1S/C21H20ClF6N3O2S/c1-34(29,33)14-4-2-3-13(9-14)30-19(32)15-10-17(22)16(21(26,27)28)11-18(15)31-7-5-12(6-8-31)20(23,24)25/h2-4,9-12,29H,5-8H2,1H3,(H,30,32)/t34-/m1/s1. The van der Waals surface area contributed by atoms with E-state index in [-0.39, 0.29) is 47.8 Å². The van der Waals surface area contributed by atoms with Gasteiger partial charge in [0.25, 0.3) is 5.91 Å². The molecule has 1 atom stereocenters. The van der Waals surface area contributed by atoms with E-state index in [0.717, 1.165) is 6.07 Å². The fraction of sp³-hybridized carbons (Fsp3) is 0.381. The molecule has 0 bridgehead atoms. The summed E-state index contributed by atoms with van der Waals surface area (Å²) >= 11 is 5.81. The molecule has 5 nitrogen and oxygen atoms in total. The molecule has 34 heavy (non-hydrogen) atoms. The number of hydrogen-bond donors (Lipinski definition) is 2. The van der Waals surface area contributed by atoms with Gasteiger partial charge in [0, 0.05) is 29.9 Å². The molecule has 0 saturated carbocycles. The first-order valence-electron chi connectivity index (χ1n) is 9.95. The van der Waals surface area contributed by atoms with Crippen molar-refractivity contribution in [2.24, 2.45) is 5.92 Å². The van der Waals surface area contributed by atoms with E-state index >= 15 is 0 Å². The van der Waals surface area contributed by atoms with Gasteiger partial charge in [-0.15, -0.1) is 0 Å². The molecule has 1 fully saturated rings. The smallest absolute Gasteiger partial charge is 0.371 e. The minimum absolute atomic E-state index is 0.130. The van der Waals surface area contributed by atoms with Crippen LogP contribution in [0.4, 0.5) is 37.7 Å². The number of nitrogens with zero attached hydrogens (tertiary/aromatic N) is 1. The van der Waals surface area contributed by atoms with Gasteiger partial charge in [-0.25, -0.2) is 8.99 Å². The predicted octanol–water partition coefficient (Wildman–Crippen LogP) is 6.43. The Morgan fingerprint density at radius 2 is 1.74 bits per heavy atom. The first-order chi connectivity index (χ1) is 15.6. The Hall–Kier alpha value is -2.47. The first-order valence-corrected chi connectivity index (χ1v) is 12.3. The molecule has 0 unspecified atom stereocenters. The van der Waals surface area contributed by atoms with Crippen molar-refractivity contribution in [1.29, 1.82) is 4.78 Å². The number of amides is 1. The van der Waals surface area contributed by atoms with Crippen molar-refractivity contribution in [3.63, 3.8) is 0 Å². The van der Waals surface area contributed by atoms with Crippen LogP contribution in [0.25, 0.3) is 0 Å². The Kier molecular flexibility index (Phi) is 7.14. The van der Waals surface area contributed by atoms with E-state index in [4.69, 9.17) is 16.4 Å².